The maximum atomic E-state index is 11.6. The van der Waals surface area contributed by atoms with Crippen molar-refractivity contribution in [1.82, 2.24) is 14.8 Å². The third kappa shape index (κ3) is 3.74. The molecule has 0 unspecified atom stereocenters. The summed E-state index contributed by atoms with van der Waals surface area (Å²) in [5, 5.41) is 13.7. The van der Waals surface area contributed by atoms with Crippen molar-refractivity contribution < 1.29 is 14.6 Å². The highest BCUT2D eigenvalue weighted by Crippen LogP contribution is 2.35. The molecule has 0 spiro atoms. The van der Waals surface area contributed by atoms with Crippen molar-refractivity contribution in [3.63, 3.8) is 0 Å². The number of nitrogens with zero attached hydrogens (tertiary/aromatic N) is 3. The van der Waals surface area contributed by atoms with Gasteiger partial charge in [0.15, 0.2) is 10.9 Å². The summed E-state index contributed by atoms with van der Waals surface area (Å²) in [4.78, 5) is 17.0. The fourth-order valence-electron chi connectivity index (χ4n) is 3.02. The number of carbonyl (C=O) groups is 1. The van der Waals surface area contributed by atoms with Gasteiger partial charge in [-0.2, -0.15) is 5.10 Å². The van der Waals surface area contributed by atoms with E-state index in [9.17, 15) is 4.79 Å². The average Bonchev–Trinajstić information content (AvgIpc) is 3.31. The molecule has 0 saturated carbocycles. The first-order valence-corrected chi connectivity index (χ1v) is 9.55. The second kappa shape index (κ2) is 7.54. The lowest BCUT2D eigenvalue weighted by atomic mass is 9.96. The summed E-state index contributed by atoms with van der Waals surface area (Å²) in [6.07, 6.45) is 4.02. The van der Waals surface area contributed by atoms with Gasteiger partial charge < -0.3 is 9.84 Å². The van der Waals surface area contributed by atoms with Gasteiger partial charge in [0.25, 0.3) is 0 Å². The summed E-state index contributed by atoms with van der Waals surface area (Å²) in [5.41, 5.74) is 3.19. The normalized spacial score (nSPS) is 14.2. The van der Waals surface area contributed by atoms with Crippen LogP contribution in [-0.4, -0.2) is 38.2 Å². The summed E-state index contributed by atoms with van der Waals surface area (Å²) in [6.45, 7) is 2.32. The first kappa shape index (κ1) is 17.8. The van der Waals surface area contributed by atoms with Gasteiger partial charge in [0, 0.05) is 23.4 Å². The Morgan fingerprint density at radius 3 is 2.96 bits per heavy atom. The molecule has 1 N–H and O–H groups in total. The lowest BCUT2D eigenvalue weighted by Gasteiger charge is -2.11. The molecular weight excluding hydrogens is 362 g/mol. The van der Waals surface area contributed by atoms with Gasteiger partial charge in [-0.3, -0.25) is 4.79 Å². The van der Waals surface area contributed by atoms with Crippen LogP contribution in [0.1, 0.15) is 29.7 Å². The smallest absolute Gasteiger partial charge is 0.198 e. The number of benzene rings is 1. The number of hydrogen-bond acceptors (Lipinski definition) is 6. The maximum absolute atomic E-state index is 11.6. The van der Waals surface area contributed by atoms with Gasteiger partial charge in [0.05, 0.1) is 18.5 Å². The van der Waals surface area contributed by atoms with Gasteiger partial charge in [-0.1, -0.05) is 30.8 Å². The van der Waals surface area contributed by atoms with Crippen LogP contribution >= 0.6 is 11.8 Å². The minimum Gasteiger partial charge on any atom is -0.490 e. The van der Waals surface area contributed by atoms with Gasteiger partial charge in [0.1, 0.15) is 12.4 Å². The number of ether oxygens (including phenoxy) is 1. The molecule has 0 bridgehead atoms. The van der Waals surface area contributed by atoms with Crippen molar-refractivity contribution >= 4 is 16.9 Å². The number of carbonyl (C=O) groups excluding carboxylic acids is 1. The predicted molar refractivity (Wildman–Crippen MR) is 102 cm³/mol. The molecule has 1 atom stereocenters. The molecule has 7 heteroatoms. The van der Waals surface area contributed by atoms with Gasteiger partial charge in [-0.15, -0.1) is 0 Å². The molecule has 1 aliphatic rings. The van der Waals surface area contributed by atoms with Crippen molar-refractivity contribution in [2.75, 3.05) is 13.2 Å². The van der Waals surface area contributed by atoms with E-state index in [4.69, 9.17) is 9.84 Å². The van der Waals surface area contributed by atoms with Gasteiger partial charge in [-0.25, -0.2) is 9.67 Å². The fraction of sp³-hybridized carbons (Fsp3) is 0.250. The Labute approximate surface area is 161 Å². The molecule has 0 amide bonds. The fourth-order valence-corrected chi connectivity index (χ4v) is 3.96. The van der Waals surface area contributed by atoms with Crippen molar-refractivity contribution in [2.24, 2.45) is 0 Å². The van der Waals surface area contributed by atoms with Gasteiger partial charge >= 0.3 is 0 Å². The van der Waals surface area contributed by atoms with Crippen LogP contribution in [0.4, 0.5) is 0 Å². The molecule has 0 aliphatic carbocycles. The molecule has 1 aliphatic heterocycles. The van der Waals surface area contributed by atoms with E-state index in [1.54, 1.807) is 16.9 Å². The number of pyridine rings is 1. The Morgan fingerprint density at radius 1 is 1.30 bits per heavy atom. The van der Waals surface area contributed by atoms with E-state index in [0.717, 1.165) is 21.7 Å². The number of fused-ring (bicyclic) bond motifs is 1. The lowest BCUT2D eigenvalue weighted by Crippen LogP contribution is -2.04. The molecule has 0 fully saturated rings. The molecule has 3 aromatic rings. The topological polar surface area (TPSA) is 77.2 Å². The van der Waals surface area contributed by atoms with Crippen molar-refractivity contribution in [3.05, 3.63) is 65.6 Å². The highest BCUT2D eigenvalue weighted by molar-refractivity contribution is 8.14. The molecule has 0 saturated heterocycles. The minimum absolute atomic E-state index is 0.0302. The highest BCUT2D eigenvalue weighted by atomic mass is 32.2. The third-order valence-electron chi connectivity index (χ3n) is 4.52. The zero-order chi connectivity index (χ0) is 18.8. The number of aliphatic hydroxyl groups excluding tert-OH is 1. The number of thioether (sulfide) groups is 1. The Hall–Kier alpha value is -2.64. The first-order chi connectivity index (χ1) is 13.1. The number of aromatic nitrogens is 3. The number of aliphatic hydroxyl groups is 1. The zero-order valence-electron chi connectivity index (χ0n) is 14.8. The largest absolute Gasteiger partial charge is 0.490 e. The summed E-state index contributed by atoms with van der Waals surface area (Å²) >= 11 is 1.32. The standard InChI is InChI=1S/C20H19N3O3S/c1-13(14-2-3-15-11-20(25)27-18(15)10-14)17-6-7-23(22-17)19-5-4-16(12-21-19)26-9-8-24/h2-7,10,12-13,24H,8-9,11H2,1H3/t13-/m0/s1. The van der Waals surface area contributed by atoms with E-state index in [1.807, 2.05) is 24.4 Å². The minimum atomic E-state index is -0.0302. The van der Waals surface area contributed by atoms with Gasteiger partial charge in [0.2, 0.25) is 0 Å². The second-order valence-electron chi connectivity index (χ2n) is 6.35. The molecule has 4 rings (SSSR count). The Kier molecular flexibility index (Phi) is 4.96. The predicted octanol–water partition coefficient (Wildman–Crippen LogP) is 2.97. The molecule has 2 aromatic heterocycles. The molecule has 138 valence electrons. The van der Waals surface area contributed by atoms with E-state index in [0.29, 0.717) is 18.0 Å². The maximum Gasteiger partial charge on any atom is 0.198 e. The molecule has 27 heavy (non-hydrogen) atoms. The first-order valence-electron chi connectivity index (χ1n) is 8.73. The third-order valence-corrected chi connectivity index (χ3v) is 5.49. The van der Waals surface area contributed by atoms with Crippen LogP contribution in [0.5, 0.6) is 5.75 Å². The number of hydrogen-bond donors (Lipinski definition) is 1. The molecule has 6 nitrogen and oxygen atoms in total. The Balaban J connectivity index is 1.52. The van der Waals surface area contributed by atoms with Crippen LogP contribution in [0.25, 0.3) is 5.82 Å². The molecule has 0 radical (unpaired) electrons. The molecule has 3 heterocycles. The Bertz CT molecular complexity index is 969. The van der Waals surface area contributed by atoms with Crippen LogP contribution in [0.3, 0.4) is 0 Å². The number of rotatable bonds is 6. The lowest BCUT2D eigenvalue weighted by molar-refractivity contribution is -0.110. The van der Waals surface area contributed by atoms with Crippen molar-refractivity contribution in [3.8, 4) is 11.6 Å². The monoisotopic (exact) mass is 381 g/mol. The van der Waals surface area contributed by atoms with Gasteiger partial charge in [-0.05, 0) is 35.4 Å². The summed E-state index contributed by atoms with van der Waals surface area (Å²) < 4.78 is 7.05. The van der Waals surface area contributed by atoms with Crippen LogP contribution < -0.4 is 4.74 Å². The molecule has 1 aromatic carbocycles. The SMILES string of the molecule is C[C@@H](c1ccc2c(c1)SC(=O)C2)c1ccn(-c2ccc(OCCO)cn2)n1. The van der Waals surface area contributed by atoms with E-state index >= 15 is 0 Å². The van der Waals surface area contributed by atoms with Crippen LogP contribution in [0, 0.1) is 0 Å². The quantitative estimate of drug-likeness (QED) is 0.707. The van der Waals surface area contributed by atoms with E-state index in [2.05, 4.69) is 29.1 Å². The second-order valence-corrected chi connectivity index (χ2v) is 7.45. The van der Waals surface area contributed by atoms with E-state index < -0.39 is 0 Å². The average molecular weight is 381 g/mol. The summed E-state index contributed by atoms with van der Waals surface area (Å²) in [5.74, 6) is 1.42. The van der Waals surface area contributed by atoms with E-state index in [-0.39, 0.29) is 24.2 Å². The van der Waals surface area contributed by atoms with Crippen LogP contribution in [0.15, 0.2) is 53.7 Å². The highest BCUT2D eigenvalue weighted by Gasteiger charge is 2.21. The van der Waals surface area contributed by atoms with Crippen LogP contribution in [-0.2, 0) is 11.2 Å². The molecular formula is C20H19N3O3S. The van der Waals surface area contributed by atoms with Crippen LogP contribution in [0.2, 0.25) is 0 Å². The summed E-state index contributed by atoms with van der Waals surface area (Å²) in [6, 6.07) is 11.8. The van der Waals surface area contributed by atoms with E-state index in [1.165, 1.54) is 11.8 Å². The zero-order valence-corrected chi connectivity index (χ0v) is 15.6. The van der Waals surface area contributed by atoms with Crippen molar-refractivity contribution in [2.45, 2.75) is 24.2 Å². The van der Waals surface area contributed by atoms with Crippen molar-refractivity contribution in [1.29, 1.82) is 0 Å². The Morgan fingerprint density at radius 2 is 2.19 bits per heavy atom. The summed E-state index contributed by atoms with van der Waals surface area (Å²) in [7, 11) is 0.